The molecule has 0 saturated carbocycles. The number of carboxylic acids is 2. The van der Waals surface area contributed by atoms with Crippen molar-refractivity contribution in [2.24, 2.45) is 0 Å². The standard InChI is InChI=1S/C40H46N4O6/c1-9-15-49-25(7)39-23(5)31-17-29-21(3)27(11-13-37(45)46)33(41-29)20-34-28(12-14-38(47)48)22(4)30(42-34)18-35-40(26(8)50-16-10-2)24(6)32(44-35)19-36(39)43-31/h9-10,17-20,25-26,43-44H,1-2,11-16H2,3-8H3,(H,45,46)(H,47,48). The van der Waals surface area contributed by atoms with Crippen LogP contribution in [0.5, 0.6) is 0 Å². The minimum Gasteiger partial charge on any atom is -0.481 e. The molecule has 2 atom stereocenters. The van der Waals surface area contributed by atoms with Gasteiger partial charge >= 0.3 is 11.9 Å². The molecule has 5 rings (SSSR count). The molecule has 262 valence electrons. The van der Waals surface area contributed by atoms with Crippen LogP contribution in [0.3, 0.4) is 0 Å². The summed E-state index contributed by atoms with van der Waals surface area (Å²) in [5, 5.41) is 19.2. The number of hydrogen-bond donors (Lipinski definition) is 4. The Morgan fingerprint density at radius 1 is 0.680 bits per heavy atom. The maximum atomic E-state index is 11.7. The highest BCUT2D eigenvalue weighted by molar-refractivity contribution is 5.96. The SMILES string of the molecule is C=CCOC(C)c1c(C)c2cc3[nH]c(cc4nc(cc5nc(cc1[nH]2)C(C)=C5CCC(=O)O)C(CCC(=O)O)=C4C)c(C)c3C(C)OCC=C. The summed E-state index contributed by atoms with van der Waals surface area (Å²) in [6.07, 6.45) is 3.38. The molecule has 0 amide bonds. The maximum absolute atomic E-state index is 11.7. The minimum absolute atomic E-state index is 0.0582. The first kappa shape index (κ1) is 36.2. The summed E-state index contributed by atoms with van der Waals surface area (Å²) in [4.78, 5) is 40.7. The van der Waals surface area contributed by atoms with E-state index in [4.69, 9.17) is 19.4 Å². The molecule has 5 heterocycles. The Kier molecular flexibility index (Phi) is 11.0. The van der Waals surface area contributed by atoms with E-state index in [2.05, 4.69) is 43.0 Å². The molecule has 2 aliphatic heterocycles. The fourth-order valence-corrected chi connectivity index (χ4v) is 6.88. The van der Waals surface area contributed by atoms with Crippen LogP contribution in [-0.2, 0) is 19.1 Å². The van der Waals surface area contributed by atoms with Crippen molar-refractivity contribution in [3.63, 3.8) is 0 Å². The van der Waals surface area contributed by atoms with E-state index in [-0.39, 0.29) is 37.9 Å². The van der Waals surface area contributed by atoms with Crippen LogP contribution >= 0.6 is 0 Å². The van der Waals surface area contributed by atoms with E-state index in [1.807, 2.05) is 45.9 Å². The first-order valence-corrected chi connectivity index (χ1v) is 16.9. The molecule has 10 heteroatoms. The van der Waals surface area contributed by atoms with Gasteiger partial charge in [0.05, 0.1) is 48.2 Å². The third kappa shape index (κ3) is 7.41. The third-order valence-electron chi connectivity index (χ3n) is 9.55. The lowest BCUT2D eigenvalue weighted by molar-refractivity contribution is -0.137. The number of ether oxygens (including phenoxy) is 2. The number of H-pyrrole nitrogens is 2. The molecule has 50 heavy (non-hydrogen) atoms. The predicted octanol–water partition coefficient (Wildman–Crippen LogP) is 9.05. The van der Waals surface area contributed by atoms with Gasteiger partial charge in [-0.25, -0.2) is 9.97 Å². The van der Waals surface area contributed by atoms with Crippen molar-refractivity contribution >= 4 is 56.3 Å². The molecule has 10 nitrogen and oxygen atoms in total. The first-order chi connectivity index (χ1) is 23.8. The molecule has 3 aromatic heterocycles. The molecule has 0 fully saturated rings. The topological polar surface area (TPSA) is 150 Å². The Balaban J connectivity index is 1.93. The molecule has 3 aromatic rings. The Hall–Kier alpha value is -5.06. The van der Waals surface area contributed by atoms with Crippen LogP contribution < -0.4 is 0 Å². The summed E-state index contributed by atoms with van der Waals surface area (Å²) in [7, 11) is 0. The fraction of sp³-hybridized carbons (Fsp3) is 0.350. The molecule has 4 N–H and O–H groups in total. The lowest BCUT2D eigenvalue weighted by Crippen LogP contribution is -2.01. The lowest BCUT2D eigenvalue weighted by Gasteiger charge is -2.12. The van der Waals surface area contributed by atoms with Gasteiger partial charge in [0, 0.05) is 46.0 Å². The van der Waals surface area contributed by atoms with Crippen LogP contribution in [0.2, 0.25) is 0 Å². The molecule has 0 aliphatic carbocycles. The van der Waals surface area contributed by atoms with Gasteiger partial charge in [-0.05, 0) is 112 Å². The zero-order valence-electron chi connectivity index (χ0n) is 29.7. The number of hydrogen-bond acceptors (Lipinski definition) is 6. The van der Waals surface area contributed by atoms with Crippen molar-refractivity contribution < 1.29 is 29.3 Å². The van der Waals surface area contributed by atoms with E-state index in [9.17, 15) is 19.8 Å². The minimum atomic E-state index is -0.901. The smallest absolute Gasteiger partial charge is 0.303 e. The summed E-state index contributed by atoms with van der Waals surface area (Å²) >= 11 is 0. The van der Waals surface area contributed by atoms with E-state index in [1.165, 1.54) is 0 Å². The molecular weight excluding hydrogens is 632 g/mol. The summed E-state index contributed by atoms with van der Waals surface area (Å²) in [6, 6.07) is 7.95. The third-order valence-corrected chi connectivity index (χ3v) is 9.55. The van der Waals surface area contributed by atoms with E-state index in [1.54, 1.807) is 12.2 Å². The zero-order chi connectivity index (χ0) is 36.3. The first-order valence-electron chi connectivity index (χ1n) is 16.9. The highest BCUT2D eigenvalue weighted by Crippen LogP contribution is 2.39. The van der Waals surface area contributed by atoms with Gasteiger partial charge in [0.15, 0.2) is 0 Å². The van der Waals surface area contributed by atoms with Gasteiger partial charge in [-0.1, -0.05) is 12.2 Å². The monoisotopic (exact) mass is 678 g/mol. The largest absolute Gasteiger partial charge is 0.481 e. The van der Waals surface area contributed by atoms with E-state index >= 15 is 0 Å². The molecule has 0 saturated heterocycles. The normalized spacial score (nSPS) is 14.2. The summed E-state index contributed by atoms with van der Waals surface area (Å²) in [5.74, 6) is -1.80. The quantitative estimate of drug-likeness (QED) is 0.123. The van der Waals surface area contributed by atoms with Crippen molar-refractivity contribution in [3.8, 4) is 0 Å². The number of aryl methyl sites for hydroxylation is 2. The van der Waals surface area contributed by atoms with Gasteiger partial charge in [0.2, 0.25) is 0 Å². The average Bonchev–Trinajstić information content (AvgIpc) is 3.73. The molecule has 0 aromatic carbocycles. The Labute approximate surface area is 292 Å². The number of rotatable bonds is 14. The summed E-state index contributed by atoms with van der Waals surface area (Å²) in [6.45, 7) is 20.5. The second-order valence-electron chi connectivity index (χ2n) is 12.8. The van der Waals surface area contributed by atoms with Crippen LogP contribution in [0.4, 0.5) is 0 Å². The van der Waals surface area contributed by atoms with Crippen molar-refractivity contribution in [3.05, 3.63) is 94.6 Å². The van der Waals surface area contributed by atoms with Gasteiger partial charge in [0.25, 0.3) is 0 Å². The number of aromatic amines is 2. The number of nitrogens with zero attached hydrogens (tertiary/aromatic N) is 2. The molecule has 8 bridgehead atoms. The average molecular weight is 679 g/mol. The van der Waals surface area contributed by atoms with Crippen LogP contribution in [-0.4, -0.2) is 55.3 Å². The number of fused-ring (bicyclic) bond motifs is 8. The van der Waals surface area contributed by atoms with Crippen LogP contribution in [0.25, 0.3) is 44.4 Å². The zero-order valence-corrected chi connectivity index (χ0v) is 29.7. The second kappa shape index (κ2) is 15.2. The van der Waals surface area contributed by atoms with Gasteiger partial charge in [-0.3, -0.25) is 9.59 Å². The predicted molar refractivity (Wildman–Crippen MR) is 198 cm³/mol. The Morgan fingerprint density at radius 2 is 1.08 bits per heavy atom. The number of allylic oxidation sites excluding steroid dienone is 4. The Bertz CT molecular complexity index is 2100. The summed E-state index contributed by atoms with van der Waals surface area (Å²) in [5.41, 5.74) is 13.5. The molecule has 2 unspecified atom stereocenters. The number of aliphatic carboxylic acids is 2. The van der Waals surface area contributed by atoms with Crippen molar-refractivity contribution in [1.29, 1.82) is 0 Å². The molecular formula is C40H46N4O6. The van der Waals surface area contributed by atoms with Gasteiger partial charge in [0.1, 0.15) is 0 Å². The van der Waals surface area contributed by atoms with Crippen LogP contribution in [0.1, 0.15) is 111 Å². The second-order valence-corrected chi connectivity index (χ2v) is 12.8. The molecule has 0 spiro atoms. The van der Waals surface area contributed by atoms with Gasteiger partial charge < -0.3 is 29.7 Å². The summed E-state index contributed by atoms with van der Waals surface area (Å²) < 4.78 is 12.3. The van der Waals surface area contributed by atoms with Gasteiger partial charge in [-0.15, -0.1) is 13.2 Å². The number of carbonyl (C=O) groups is 2. The highest BCUT2D eigenvalue weighted by atomic mass is 16.5. The number of aromatic nitrogens is 4. The molecule has 0 radical (unpaired) electrons. The van der Waals surface area contributed by atoms with Crippen LogP contribution in [0.15, 0.2) is 49.6 Å². The number of nitrogens with one attached hydrogen (secondary N) is 2. The highest BCUT2D eigenvalue weighted by Gasteiger charge is 2.24. The lowest BCUT2D eigenvalue weighted by atomic mass is 9.98. The maximum Gasteiger partial charge on any atom is 0.303 e. The molecule has 2 aliphatic rings. The van der Waals surface area contributed by atoms with Crippen molar-refractivity contribution in [2.75, 3.05) is 13.2 Å². The van der Waals surface area contributed by atoms with Gasteiger partial charge in [-0.2, -0.15) is 0 Å². The van der Waals surface area contributed by atoms with E-state index < -0.39 is 11.9 Å². The number of carboxylic acid groups (broad SMARTS) is 2. The van der Waals surface area contributed by atoms with Crippen molar-refractivity contribution in [1.82, 2.24) is 19.9 Å². The van der Waals surface area contributed by atoms with E-state index in [0.29, 0.717) is 36.0 Å². The fourth-order valence-electron chi connectivity index (χ4n) is 6.88. The van der Waals surface area contributed by atoms with Crippen molar-refractivity contribution in [2.45, 2.75) is 79.4 Å². The van der Waals surface area contributed by atoms with E-state index in [0.717, 1.165) is 66.6 Å². The Morgan fingerprint density at radius 3 is 1.50 bits per heavy atom. The van der Waals surface area contributed by atoms with Crippen LogP contribution in [0, 0.1) is 13.8 Å².